The highest BCUT2D eigenvalue weighted by atomic mass is 19.1. The van der Waals surface area contributed by atoms with Gasteiger partial charge in [0.15, 0.2) is 0 Å². The van der Waals surface area contributed by atoms with Crippen LogP contribution in [0.5, 0.6) is 5.75 Å². The van der Waals surface area contributed by atoms with Crippen LogP contribution in [-0.4, -0.2) is 55.8 Å². The summed E-state index contributed by atoms with van der Waals surface area (Å²) in [7, 11) is 0. The molecule has 3 aromatic carbocycles. The van der Waals surface area contributed by atoms with Crippen LogP contribution in [0.25, 0.3) is 0 Å². The minimum atomic E-state index is -0.234. The molecule has 0 radical (unpaired) electrons. The van der Waals surface area contributed by atoms with Gasteiger partial charge < -0.3 is 19.7 Å². The molecule has 0 aromatic heterocycles. The molecule has 1 unspecified atom stereocenters. The van der Waals surface area contributed by atoms with E-state index in [4.69, 9.17) is 9.47 Å². The Labute approximate surface area is 222 Å². The number of rotatable bonds is 10. The van der Waals surface area contributed by atoms with Crippen LogP contribution < -0.4 is 15.0 Å². The Morgan fingerprint density at radius 1 is 1.11 bits per heavy atom. The average Bonchev–Trinajstić information content (AvgIpc) is 3.61. The number of carbonyl (C=O) groups excluding carboxylic acids is 2. The standard InChI is InChI=1S/C30H32FN3O4/c31-28-12-2-1-7-23(28)13-17-38-26-10-3-6-22(18-26)20-33(21-27-11-5-16-37-27)29(35)24-8-4-9-25(19-24)34-15-14-32-30(34)36/h1-4,6-10,12,18-19,27H,5,11,13-17,20-21H2,(H,32,36). The van der Waals surface area contributed by atoms with Gasteiger partial charge in [0.2, 0.25) is 0 Å². The fourth-order valence-corrected chi connectivity index (χ4v) is 4.89. The van der Waals surface area contributed by atoms with Crippen LogP contribution in [-0.2, 0) is 17.7 Å². The molecule has 1 N–H and O–H groups in total. The molecule has 3 aromatic rings. The maximum absolute atomic E-state index is 13.9. The lowest BCUT2D eigenvalue weighted by molar-refractivity contribution is 0.0507. The molecule has 38 heavy (non-hydrogen) atoms. The molecule has 3 amide bonds. The number of hydrogen-bond donors (Lipinski definition) is 1. The highest BCUT2D eigenvalue weighted by Gasteiger charge is 2.26. The lowest BCUT2D eigenvalue weighted by Gasteiger charge is -2.26. The van der Waals surface area contributed by atoms with Crippen LogP contribution in [0.15, 0.2) is 72.8 Å². The normalized spacial score (nSPS) is 16.9. The third-order valence-electron chi connectivity index (χ3n) is 6.87. The van der Waals surface area contributed by atoms with Gasteiger partial charge in [0, 0.05) is 50.5 Å². The lowest BCUT2D eigenvalue weighted by Crippen LogP contribution is -2.37. The number of ether oxygens (including phenoxy) is 2. The molecule has 5 rings (SSSR count). The van der Waals surface area contributed by atoms with E-state index in [1.54, 1.807) is 34.1 Å². The zero-order valence-electron chi connectivity index (χ0n) is 21.3. The fraction of sp³-hybridized carbons (Fsp3) is 0.333. The number of anilines is 1. The van der Waals surface area contributed by atoms with Gasteiger partial charge in [0.05, 0.1) is 12.7 Å². The third kappa shape index (κ3) is 6.31. The van der Waals surface area contributed by atoms with Crippen LogP contribution in [0, 0.1) is 5.82 Å². The number of urea groups is 1. The minimum absolute atomic E-state index is 0.00769. The molecule has 2 heterocycles. The second kappa shape index (κ2) is 12.1. The van der Waals surface area contributed by atoms with Crippen molar-refractivity contribution in [3.63, 3.8) is 0 Å². The van der Waals surface area contributed by atoms with E-state index < -0.39 is 0 Å². The van der Waals surface area contributed by atoms with Crippen molar-refractivity contribution >= 4 is 17.6 Å². The van der Waals surface area contributed by atoms with E-state index in [9.17, 15) is 14.0 Å². The van der Waals surface area contributed by atoms with Gasteiger partial charge in [-0.3, -0.25) is 9.69 Å². The molecule has 0 saturated carbocycles. The number of nitrogens with zero attached hydrogens (tertiary/aromatic N) is 2. The lowest BCUT2D eigenvalue weighted by atomic mass is 10.1. The van der Waals surface area contributed by atoms with Crippen molar-refractivity contribution in [3.05, 3.63) is 95.3 Å². The summed E-state index contributed by atoms with van der Waals surface area (Å²) in [6.07, 6.45) is 2.35. The molecule has 2 saturated heterocycles. The van der Waals surface area contributed by atoms with Gasteiger partial charge >= 0.3 is 6.03 Å². The Bertz CT molecular complexity index is 1280. The number of halogens is 1. The van der Waals surface area contributed by atoms with E-state index in [1.165, 1.54) is 6.07 Å². The summed E-state index contributed by atoms with van der Waals surface area (Å²) in [4.78, 5) is 29.3. The smallest absolute Gasteiger partial charge is 0.321 e. The monoisotopic (exact) mass is 517 g/mol. The summed E-state index contributed by atoms with van der Waals surface area (Å²) in [5.41, 5.74) is 2.77. The number of benzene rings is 3. The molecular formula is C30H32FN3O4. The molecule has 7 nitrogen and oxygen atoms in total. The van der Waals surface area contributed by atoms with Crippen molar-refractivity contribution < 1.29 is 23.5 Å². The summed E-state index contributed by atoms with van der Waals surface area (Å²) in [6, 6.07) is 21.4. The van der Waals surface area contributed by atoms with E-state index in [0.717, 1.165) is 18.4 Å². The molecule has 1 atom stereocenters. The third-order valence-corrected chi connectivity index (χ3v) is 6.87. The van der Waals surface area contributed by atoms with Gasteiger partial charge in [0.1, 0.15) is 11.6 Å². The summed E-state index contributed by atoms with van der Waals surface area (Å²) in [5.74, 6) is 0.320. The Morgan fingerprint density at radius 2 is 1.97 bits per heavy atom. The highest BCUT2D eigenvalue weighted by Crippen LogP contribution is 2.23. The number of amides is 3. The van der Waals surface area contributed by atoms with Gasteiger partial charge in [-0.1, -0.05) is 36.4 Å². The van der Waals surface area contributed by atoms with E-state index >= 15 is 0 Å². The Hall–Kier alpha value is -3.91. The molecule has 0 spiro atoms. The Morgan fingerprint density at radius 3 is 2.76 bits per heavy atom. The fourth-order valence-electron chi connectivity index (χ4n) is 4.89. The van der Waals surface area contributed by atoms with E-state index in [2.05, 4.69) is 5.32 Å². The van der Waals surface area contributed by atoms with Crippen LogP contribution in [0.4, 0.5) is 14.9 Å². The second-order valence-electron chi connectivity index (χ2n) is 9.59. The number of nitrogens with one attached hydrogen (secondary N) is 1. The van der Waals surface area contributed by atoms with Crippen molar-refractivity contribution in [2.75, 3.05) is 37.7 Å². The van der Waals surface area contributed by atoms with Crippen LogP contribution in [0.1, 0.15) is 34.3 Å². The SMILES string of the molecule is O=C(c1cccc(N2CCNC2=O)c1)N(Cc1cccc(OCCc2ccccc2F)c1)CC1CCCO1. The second-order valence-corrected chi connectivity index (χ2v) is 9.59. The molecule has 0 aliphatic carbocycles. The molecule has 8 heteroatoms. The molecule has 198 valence electrons. The first-order valence-electron chi connectivity index (χ1n) is 13.1. The molecule has 2 aliphatic heterocycles. The first-order chi connectivity index (χ1) is 18.6. The van der Waals surface area contributed by atoms with Crippen molar-refractivity contribution in [1.82, 2.24) is 10.2 Å². The van der Waals surface area contributed by atoms with Gasteiger partial charge in [-0.15, -0.1) is 0 Å². The predicted molar refractivity (Wildman–Crippen MR) is 143 cm³/mol. The summed E-state index contributed by atoms with van der Waals surface area (Å²) < 4.78 is 25.7. The van der Waals surface area contributed by atoms with Crippen LogP contribution in [0.2, 0.25) is 0 Å². The van der Waals surface area contributed by atoms with E-state index in [-0.39, 0.29) is 23.9 Å². The molecule has 2 aliphatic rings. The highest BCUT2D eigenvalue weighted by molar-refractivity contribution is 5.98. The maximum atomic E-state index is 13.9. The van der Waals surface area contributed by atoms with Crippen molar-refractivity contribution in [3.8, 4) is 5.75 Å². The summed E-state index contributed by atoms with van der Waals surface area (Å²) in [5, 5.41) is 2.80. The van der Waals surface area contributed by atoms with Crippen molar-refractivity contribution in [2.45, 2.75) is 31.9 Å². The minimum Gasteiger partial charge on any atom is -0.493 e. The van der Waals surface area contributed by atoms with E-state index in [1.807, 2.05) is 42.5 Å². The molecule has 2 fully saturated rings. The first kappa shape index (κ1) is 25.7. The average molecular weight is 518 g/mol. The van der Waals surface area contributed by atoms with Crippen LogP contribution in [0.3, 0.4) is 0 Å². The molecule has 0 bridgehead atoms. The predicted octanol–water partition coefficient (Wildman–Crippen LogP) is 4.80. The van der Waals surface area contributed by atoms with Gasteiger partial charge in [0.25, 0.3) is 5.91 Å². The van der Waals surface area contributed by atoms with E-state index in [0.29, 0.717) is 68.4 Å². The topological polar surface area (TPSA) is 71.1 Å². The maximum Gasteiger partial charge on any atom is 0.321 e. The number of hydrogen-bond acceptors (Lipinski definition) is 4. The first-order valence-corrected chi connectivity index (χ1v) is 13.1. The van der Waals surface area contributed by atoms with Gasteiger partial charge in [-0.05, 0) is 60.4 Å². The van der Waals surface area contributed by atoms with Crippen molar-refractivity contribution in [2.24, 2.45) is 0 Å². The van der Waals surface area contributed by atoms with Gasteiger partial charge in [-0.2, -0.15) is 0 Å². The summed E-state index contributed by atoms with van der Waals surface area (Å²) >= 11 is 0. The zero-order valence-corrected chi connectivity index (χ0v) is 21.3. The Kier molecular flexibility index (Phi) is 8.19. The van der Waals surface area contributed by atoms with Crippen LogP contribution >= 0.6 is 0 Å². The van der Waals surface area contributed by atoms with Gasteiger partial charge in [-0.25, -0.2) is 9.18 Å². The largest absolute Gasteiger partial charge is 0.493 e. The number of carbonyl (C=O) groups is 2. The molecular weight excluding hydrogens is 485 g/mol. The quantitative estimate of drug-likeness (QED) is 0.420. The Balaban J connectivity index is 1.29. The summed E-state index contributed by atoms with van der Waals surface area (Å²) in [6.45, 7) is 3.07. The zero-order chi connectivity index (χ0) is 26.3. The van der Waals surface area contributed by atoms with Crippen molar-refractivity contribution in [1.29, 1.82) is 0 Å².